The number of rotatable bonds is 11. The van der Waals surface area contributed by atoms with Gasteiger partial charge in [0.15, 0.2) is 5.78 Å². The number of nitrogens with zero attached hydrogens (tertiary/aromatic N) is 1. The van der Waals surface area contributed by atoms with Gasteiger partial charge < -0.3 is 26.6 Å². The molecule has 0 aliphatic carbocycles. The maximum atomic E-state index is 13.4. The van der Waals surface area contributed by atoms with Gasteiger partial charge in [-0.15, -0.1) is 0 Å². The van der Waals surface area contributed by atoms with Crippen LogP contribution in [0.1, 0.15) is 18.1 Å². The number of benzene rings is 2. The second-order valence-corrected chi connectivity index (χ2v) is 8.58. The summed E-state index contributed by atoms with van der Waals surface area (Å²) in [4.78, 5) is 28.4. The van der Waals surface area contributed by atoms with E-state index in [0.29, 0.717) is 19.6 Å². The minimum absolute atomic E-state index is 0.109. The highest BCUT2D eigenvalue weighted by Crippen LogP contribution is 2.13. The first-order valence-corrected chi connectivity index (χ1v) is 11.5. The van der Waals surface area contributed by atoms with E-state index in [1.807, 2.05) is 47.4 Å². The van der Waals surface area contributed by atoms with Crippen molar-refractivity contribution in [1.82, 2.24) is 15.5 Å². The Morgan fingerprint density at radius 2 is 2.00 bits per heavy atom. The molecule has 1 aliphatic heterocycles. The fourth-order valence-corrected chi connectivity index (χ4v) is 3.98. The number of hydrogen-bond donors (Lipinski definition) is 5. The van der Waals surface area contributed by atoms with Gasteiger partial charge in [0.25, 0.3) is 0 Å². The predicted octanol–water partition coefficient (Wildman–Crippen LogP) is 0.684. The van der Waals surface area contributed by atoms with Gasteiger partial charge in [-0.05, 0) is 36.6 Å². The number of Topliss-reactive ketones (excluding diaryl/α,β-unsaturated/α-hetero) is 1. The van der Waals surface area contributed by atoms with Gasteiger partial charge in [0.05, 0.1) is 18.2 Å². The number of aromatic hydroxyl groups is 1. The molecule has 1 aliphatic rings. The molecule has 8 heteroatoms. The third kappa shape index (κ3) is 7.23. The van der Waals surface area contributed by atoms with Gasteiger partial charge in [0.2, 0.25) is 5.91 Å². The highest BCUT2D eigenvalue weighted by molar-refractivity contribution is 5.94. The number of phenols is 1. The first-order valence-electron chi connectivity index (χ1n) is 12.0. The summed E-state index contributed by atoms with van der Waals surface area (Å²) in [6.07, 6.45) is 3.10. The lowest BCUT2D eigenvalue weighted by Gasteiger charge is -2.37. The van der Waals surface area contributed by atoms with Crippen molar-refractivity contribution in [3.63, 3.8) is 0 Å². The molecule has 0 aromatic heterocycles. The van der Waals surface area contributed by atoms with E-state index in [1.165, 1.54) is 19.1 Å². The summed E-state index contributed by atoms with van der Waals surface area (Å²) in [7, 11) is 0. The molecule has 0 saturated carbocycles. The second kappa shape index (κ2) is 12.4. The van der Waals surface area contributed by atoms with Crippen LogP contribution in [0.4, 0.5) is 0 Å². The maximum absolute atomic E-state index is 13.4. The van der Waals surface area contributed by atoms with E-state index in [1.54, 1.807) is 12.1 Å². The maximum Gasteiger partial charge on any atom is 0.237 e. The molecule has 8 nitrogen and oxygen atoms in total. The quantitative estimate of drug-likeness (QED) is 0.329. The lowest BCUT2D eigenvalue weighted by Crippen LogP contribution is -2.62. The van der Waals surface area contributed by atoms with Crippen molar-refractivity contribution in [1.29, 1.82) is 0 Å². The molecule has 0 spiro atoms. The zero-order valence-electron chi connectivity index (χ0n) is 20.4. The van der Waals surface area contributed by atoms with Crippen LogP contribution < -0.4 is 16.4 Å². The third-order valence-electron chi connectivity index (χ3n) is 5.91. The Morgan fingerprint density at radius 3 is 2.68 bits per heavy atom. The molecule has 1 amide bonds. The molecule has 6 N–H and O–H groups in total. The molecule has 4 atom stereocenters. The Labute approximate surface area is 201 Å². The smallest absolute Gasteiger partial charge is 0.237 e. The number of carbonyl (C=O) groups excluding carboxylic acids is 2. The van der Waals surface area contributed by atoms with Crippen molar-refractivity contribution in [2.45, 2.75) is 37.6 Å². The number of carbonyl (C=O) groups is 2. The predicted molar refractivity (Wildman–Crippen MR) is 132 cm³/mol. The number of aliphatic hydroxyl groups is 1. The topological polar surface area (TPSA) is 128 Å². The number of nitrogens with two attached hydrogens (primary N) is 1. The van der Waals surface area contributed by atoms with Crippen LogP contribution in [0.5, 0.6) is 5.75 Å². The molecule has 34 heavy (non-hydrogen) atoms. The van der Waals surface area contributed by atoms with Gasteiger partial charge >= 0.3 is 0 Å². The van der Waals surface area contributed by atoms with E-state index in [9.17, 15) is 19.8 Å². The first kappa shape index (κ1) is 24.1. The summed E-state index contributed by atoms with van der Waals surface area (Å²) in [6.45, 7) is 3.86. The van der Waals surface area contributed by atoms with E-state index in [4.69, 9.17) is 1.41 Å². The van der Waals surface area contributed by atoms with Crippen molar-refractivity contribution in [3.8, 4) is 5.75 Å². The first-order chi connectivity index (χ1) is 16.9. The summed E-state index contributed by atoms with van der Waals surface area (Å²) < 4.78 is 7.58. The van der Waals surface area contributed by atoms with Crippen molar-refractivity contribution < 1.29 is 21.2 Å². The zero-order valence-corrected chi connectivity index (χ0v) is 19.4. The van der Waals surface area contributed by atoms with Crippen LogP contribution in [0.25, 0.3) is 6.08 Å². The van der Waals surface area contributed by atoms with Crippen LogP contribution in [0.3, 0.4) is 0 Å². The molecule has 1 unspecified atom stereocenters. The van der Waals surface area contributed by atoms with Gasteiger partial charge in [-0.2, -0.15) is 0 Å². The van der Waals surface area contributed by atoms with E-state index < -0.39 is 30.1 Å². The lowest BCUT2D eigenvalue weighted by atomic mass is 9.97. The fourth-order valence-electron chi connectivity index (χ4n) is 3.98. The lowest BCUT2D eigenvalue weighted by molar-refractivity contribution is -0.134. The third-order valence-corrected chi connectivity index (χ3v) is 5.91. The van der Waals surface area contributed by atoms with Gasteiger partial charge in [-0.3, -0.25) is 14.5 Å². The van der Waals surface area contributed by atoms with Gasteiger partial charge in [0.1, 0.15) is 13.2 Å². The Bertz CT molecular complexity index is 985. The van der Waals surface area contributed by atoms with Crippen molar-refractivity contribution in [2.24, 2.45) is 5.73 Å². The molecule has 1 heterocycles. The molecule has 182 valence electrons. The average Bonchev–Trinajstić information content (AvgIpc) is 2.87. The van der Waals surface area contributed by atoms with Crippen LogP contribution in [-0.4, -0.2) is 77.2 Å². The van der Waals surface area contributed by atoms with E-state index in [-0.39, 0.29) is 18.0 Å². The van der Waals surface area contributed by atoms with Crippen LogP contribution in [0, 0.1) is 0 Å². The molecule has 3 rings (SSSR count). The SMILES string of the molecule is [2H]N[C@@H](Cc1ccc(O)cc1)C(=O)N[C@H](C(=O)C1CNCCN1CC=Cc1ccccc1)[C@@H](C)O. The standard InChI is InChI=1S/C26H34N4O4/c1-18(31)24(29-26(34)22(27)16-20-9-11-21(32)12-10-20)25(33)23-17-28-13-15-30(23)14-5-8-19-6-3-2-4-7-19/h2-12,18,22-24,28,31-32H,13-17,27H2,1H3,(H,29,34)/t18-,22+,23?,24+/m1/s1/i/hD. The summed E-state index contributed by atoms with van der Waals surface area (Å²) >= 11 is 0. The number of hydrogen-bond acceptors (Lipinski definition) is 7. The number of ketones is 1. The number of piperazine rings is 1. The highest BCUT2D eigenvalue weighted by Gasteiger charge is 2.36. The average molecular weight is 468 g/mol. The zero-order chi connectivity index (χ0) is 25.2. The van der Waals surface area contributed by atoms with Crippen LogP contribution in [-0.2, 0) is 16.0 Å². The monoisotopic (exact) mass is 467 g/mol. The van der Waals surface area contributed by atoms with Gasteiger partial charge in [-0.25, -0.2) is 0 Å². The summed E-state index contributed by atoms with van der Waals surface area (Å²) in [6, 6.07) is 13.7. The van der Waals surface area contributed by atoms with Gasteiger partial charge in [-0.1, -0.05) is 54.6 Å². The molecular formula is C26H34N4O4. The summed E-state index contributed by atoms with van der Waals surface area (Å²) in [5.74, 6) is -0.716. The second-order valence-electron chi connectivity index (χ2n) is 8.58. The Hall–Kier alpha value is -3.04. The molecule has 2 aromatic carbocycles. The highest BCUT2D eigenvalue weighted by atomic mass is 16.3. The van der Waals surface area contributed by atoms with Gasteiger partial charge in [0, 0.05) is 26.2 Å². The minimum Gasteiger partial charge on any atom is -0.508 e. The normalized spacial score (nSPS) is 19.8. The van der Waals surface area contributed by atoms with Crippen molar-refractivity contribution in [2.75, 3.05) is 26.2 Å². The van der Waals surface area contributed by atoms with Crippen LogP contribution in [0.15, 0.2) is 60.7 Å². The Morgan fingerprint density at radius 1 is 1.26 bits per heavy atom. The van der Waals surface area contributed by atoms with Crippen LogP contribution >= 0.6 is 0 Å². The summed E-state index contributed by atoms with van der Waals surface area (Å²) in [5.41, 5.74) is 4.05. The molecule has 0 radical (unpaired) electrons. The molecule has 1 fully saturated rings. The number of aliphatic hydroxyl groups excluding tert-OH is 1. The fraction of sp³-hybridized carbons (Fsp3) is 0.385. The molecule has 0 bridgehead atoms. The van der Waals surface area contributed by atoms with E-state index in [0.717, 1.165) is 17.7 Å². The number of phenolic OH excluding ortho intramolecular Hbond substituents is 1. The van der Waals surface area contributed by atoms with Crippen molar-refractivity contribution in [3.05, 3.63) is 71.8 Å². The van der Waals surface area contributed by atoms with Crippen LogP contribution in [0.2, 0.25) is 1.41 Å². The van der Waals surface area contributed by atoms with E-state index in [2.05, 4.69) is 16.4 Å². The largest absolute Gasteiger partial charge is 0.508 e. The number of amides is 1. The summed E-state index contributed by atoms with van der Waals surface area (Å²) in [5, 5.41) is 25.7. The van der Waals surface area contributed by atoms with Crippen molar-refractivity contribution >= 4 is 17.8 Å². The molecular weight excluding hydrogens is 432 g/mol. The molecule has 1 saturated heterocycles. The number of nitrogens with one attached hydrogen (secondary N) is 2. The molecule has 2 aromatic rings. The Balaban J connectivity index is 1.66. The minimum atomic E-state index is -1.11. The Kier molecular flexibility index (Phi) is 8.81. The van der Waals surface area contributed by atoms with E-state index >= 15 is 0 Å².